The van der Waals surface area contributed by atoms with Crippen LogP contribution < -0.4 is 5.73 Å². The summed E-state index contributed by atoms with van der Waals surface area (Å²) in [6, 6.07) is 7.69. The van der Waals surface area contributed by atoms with E-state index in [9.17, 15) is 9.90 Å². The fourth-order valence-corrected chi connectivity index (χ4v) is 4.25. The number of aliphatic hydroxyl groups is 1. The van der Waals surface area contributed by atoms with Gasteiger partial charge in [0.15, 0.2) is 0 Å². The van der Waals surface area contributed by atoms with E-state index in [4.69, 9.17) is 17.3 Å². The Bertz CT molecular complexity index is 1090. The highest BCUT2D eigenvalue weighted by Gasteiger charge is 2.26. The molecule has 1 saturated heterocycles. The summed E-state index contributed by atoms with van der Waals surface area (Å²) >= 11 is 6.13. The first-order chi connectivity index (χ1) is 14.4. The maximum absolute atomic E-state index is 13.2. The average molecular weight is 428 g/mol. The predicted molar refractivity (Wildman–Crippen MR) is 117 cm³/mol. The third-order valence-corrected chi connectivity index (χ3v) is 6.02. The number of aliphatic hydroxyl groups excluding tert-OH is 1. The molecule has 1 atom stereocenters. The second-order valence-electron chi connectivity index (χ2n) is 7.71. The number of pyridine rings is 1. The number of carbonyl (C=O) groups excluding carboxylic acids is 1. The summed E-state index contributed by atoms with van der Waals surface area (Å²) in [6.45, 7) is 6.55. The fraction of sp³-hybridized carbons (Fsp3) is 0.364. The van der Waals surface area contributed by atoms with Gasteiger partial charge in [0.25, 0.3) is 5.91 Å². The zero-order valence-electron chi connectivity index (χ0n) is 17.2. The number of fused-ring (bicyclic) bond motifs is 1. The molecular weight excluding hydrogens is 402 g/mol. The number of benzene rings is 1. The standard InChI is InChI=1S/C22H26ClN5O2/c1-14-9-17(23)3-4-18(14)19-13-28-20(12-25-21(28)10-16(19)11-24)22(30)27-7-5-26(6-8-27)15(2)29/h3-4,9-10,12-13,15,29H,5-8,11,24H2,1-2H3. The van der Waals surface area contributed by atoms with Gasteiger partial charge in [-0.05, 0) is 48.7 Å². The van der Waals surface area contributed by atoms with Crippen LogP contribution in [0.25, 0.3) is 16.8 Å². The molecule has 30 heavy (non-hydrogen) atoms. The molecular formula is C22H26ClN5O2. The highest BCUT2D eigenvalue weighted by Crippen LogP contribution is 2.30. The van der Waals surface area contributed by atoms with Crippen LogP contribution in [0.2, 0.25) is 5.02 Å². The van der Waals surface area contributed by atoms with Gasteiger partial charge in [0.2, 0.25) is 0 Å². The van der Waals surface area contributed by atoms with E-state index in [1.165, 1.54) is 0 Å². The zero-order chi connectivity index (χ0) is 21.4. The van der Waals surface area contributed by atoms with E-state index >= 15 is 0 Å². The van der Waals surface area contributed by atoms with Gasteiger partial charge in [0, 0.05) is 49.5 Å². The molecule has 1 amide bonds. The first-order valence-electron chi connectivity index (χ1n) is 10.1. The van der Waals surface area contributed by atoms with Crippen molar-refractivity contribution in [3.05, 3.63) is 58.5 Å². The number of piperazine rings is 1. The number of amides is 1. The minimum absolute atomic E-state index is 0.0629. The van der Waals surface area contributed by atoms with Crippen molar-refractivity contribution in [2.24, 2.45) is 5.73 Å². The molecule has 3 N–H and O–H groups in total. The van der Waals surface area contributed by atoms with E-state index in [0.717, 1.165) is 22.3 Å². The minimum atomic E-state index is -0.502. The minimum Gasteiger partial charge on any atom is -0.379 e. The van der Waals surface area contributed by atoms with Crippen LogP contribution in [0.3, 0.4) is 0 Å². The van der Waals surface area contributed by atoms with Gasteiger partial charge in [-0.1, -0.05) is 17.7 Å². The summed E-state index contributed by atoms with van der Waals surface area (Å²) in [5.41, 5.74) is 11.2. The molecule has 0 saturated carbocycles. The second-order valence-corrected chi connectivity index (χ2v) is 8.14. The SMILES string of the molecule is Cc1cc(Cl)ccc1-c1cn2c(C(=O)N3CCN(C(C)O)CC3)cnc2cc1CN. The van der Waals surface area contributed by atoms with Gasteiger partial charge in [0.1, 0.15) is 17.6 Å². The summed E-state index contributed by atoms with van der Waals surface area (Å²) in [7, 11) is 0. The lowest BCUT2D eigenvalue weighted by Crippen LogP contribution is -2.51. The van der Waals surface area contributed by atoms with Gasteiger partial charge in [-0.25, -0.2) is 4.98 Å². The molecule has 1 unspecified atom stereocenters. The van der Waals surface area contributed by atoms with Crippen LogP contribution in [0.15, 0.2) is 36.7 Å². The smallest absolute Gasteiger partial charge is 0.272 e. The van der Waals surface area contributed by atoms with Crippen molar-refractivity contribution in [1.82, 2.24) is 19.2 Å². The Kier molecular flexibility index (Phi) is 5.79. The normalized spacial score (nSPS) is 16.2. The van der Waals surface area contributed by atoms with Crippen LogP contribution in [0.1, 0.15) is 28.5 Å². The number of halogens is 1. The van der Waals surface area contributed by atoms with E-state index in [-0.39, 0.29) is 5.91 Å². The summed E-state index contributed by atoms with van der Waals surface area (Å²) in [5.74, 6) is -0.0629. The Hall–Kier alpha value is -2.45. The average Bonchev–Trinajstić information content (AvgIpc) is 3.15. The Balaban J connectivity index is 1.71. The largest absolute Gasteiger partial charge is 0.379 e. The second kappa shape index (κ2) is 8.35. The molecule has 1 aromatic carbocycles. The number of carbonyl (C=O) groups is 1. The molecule has 2 aromatic heterocycles. The Morgan fingerprint density at radius 1 is 1.23 bits per heavy atom. The number of rotatable bonds is 4. The maximum atomic E-state index is 13.2. The third-order valence-electron chi connectivity index (χ3n) is 5.78. The third kappa shape index (κ3) is 3.81. The van der Waals surface area contributed by atoms with Crippen molar-refractivity contribution in [1.29, 1.82) is 0 Å². The molecule has 0 bridgehead atoms. The van der Waals surface area contributed by atoms with E-state index in [1.54, 1.807) is 13.1 Å². The van der Waals surface area contributed by atoms with Crippen LogP contribution in [0, 0.1) is 6.92 Å². The Morgan fingerprint density at radius 2 is 1.97 bits per heavy atom. The van der Waals surface area contributed by atoms with Crippen molar-refractivity contribution in [2.75, 3.05) is 26.2 Å². The van der Waals surface area contributed by atoms with E-state index in [2.05, 4.69) is 4.98 Å². The van der Waals surface area contributed by atoms with Crippen molar-refractivity contribution in [2.45, 2.75) is 26.6 Å². The summed E-state index contributed by atoms with van der Waals surface area (Å²) in [6.07, 6.45) is 3.07. The van der Waals surface area contributed by atoms with Gasteiger partial charge >= 0.3 is 0 Å². The van der Waals surface area contributed by atoms with Gasteiger partial charge in [-0.2, -0.15) is 0 Å². The number of nitrogens with zero attached hydrogens (tertiary/aromatic N) is 4. The lowest BCUT2D eigenvalue weighted by Gasteiger charge is -2.36. The number of nitrogens with two attached hydrogens (primary N) is 1. The van der Waals surface area contributed by atoms with Crippen LogP contribution in [-0.2, 0) is 6.54 Å². The number of hydrogen-bond acceptors (Lipinski definition) is 5. The number of aryl methyl sites for hydroxylation is 1. The van der Waals surface area contributed by atoms with Crippen LogP contribution in [0.4, 0.5) is 0 Å². The molecule has 0 radical (unpaired) electrons. The molecule has 1 aliphatic rings. The van der Waals surface area contributed by atoms with Gasteiger partial charge < -0.3 is 15.7 Å². The number of hydrogen-bond donors (Lipinski definition) is 2. The Morgan fingerprint density at radius 3 is 2.60 bits per heavy atom. The van der Waals surface area contributed by atoms with Crippen molar-refractivity contribution >= 4 is 23.2 Å². The molecule has 3 heterocycles. The lowest BCUT2D eigenvalue weighted by molar-refractivity contribution is -0.0103. The summed E-state index contributed by atoms with van der Waals surface area (Å²) in [4.78, 5) is 21.4. The zero-order valence-corrected chi connectivity index (χ0v) is 17.9. The van der Waals surface area contributed by atoms with Crippen LogP contribution in [-0.4, -0.2) is 62.6 Å². The molecule has 158 valence electrons. The number of imidazole rings is 1. The summed E-state index contributed by atoms with van der Waals surface area (Å²) in [5, 5.41) is 10.4. The molecule has 8 heteroatoms. The van der Waals surface area contributed by atoms with Crippen molar-refractivity contribution in [3.8, 4) is 11.1 Å². The molecule has 1 aliphatic heterocycles. The van der Waals surface area contributed by atoms with Crippen molar-refractivity contribution in [3.63, 3.8) is 0 Å². The lowest BCUT2D eigenvalue weighted by atomic mass is 9.97. The molecule has 4 rings (SSSR count). The van der Waals surface area contributed by atoms with E-state index < -0.39 is 6.23 Å². The highest BCUT2D eigenvalue weighted by atomic mass is 35.5. The van der Waals surface area contributed by atoms with Gasteiger partial charge in [0.05, 0.1) is 6.20 Å². The monoisotopic (exact) mass is 427 g/mol. The predicted octanol–water partition coefficient (Wildman–Crippen LogP) is 2.52. The maximum Gasteiger partial charge on any atom is 0.272 e. The summed E-state index contributed by atoms with van der Waals surface area (Å²) < 4.78 is 1.84. The molecule has 0 aliphatic carbocycles. The Labute approximate surface area is 180 Å². The van der Waals surface area contributed by atoms with Crippen LogP contribution in [0.5, 0.6) is 0 Å². The molecule has 7 nitrogen and oxygen atoms in total. The van der Waals surface area contributed by atoms with E-state index in [1.807, 2.05) is 51.6 Å². The van der Waals surface area contributed by atoms with Gasteiger partial charge in [-0.3, -0.25) is 14.1 Å². The fourth-order valence-electron chi connectivity index (χ4n) is 4.02. The molecule has 1 fully saturated rings. The highest BCUT2D eigenvalue weighted by molar-refractivity contribution is 6.30. The van der Waals surface area contributed by atoms with Gasteiger partial charge in [-0.15, -0.1) is 0 Å². The van der Waals surface area contributed by atoms with Crippen molar-refractivity contribution < 1.29 is 9.90 Å². The van der Waals surface area contributed by atoms with E-state index in [0.29, 0.717) is 49.1 Å². The first-order valence-corrected chi connectivity index (χ1v) is 10.4. The molecule has 3 aromatic rings. The number of aromatic nitrogens is 2. The topological polar surface area (TPSA) is 87.1 Å². The first kappa shape index (κ1) is 20.8. The molecule has 0 spiro atoms. The van der Waals surface area contributed by atoms with Crippen LogP contribution >= 0.6 is 11.6 Å². The quantitative estimate of drug-likeness (QED) is 0.668.